The molecule has 0 amide bonds. The van der Waals surface area contributed by atoms with Gasteiger partial charge < -0.3 is 4.74 Å². The van der Waals surface area contributed by atoms with Crippen LogP contribution in [0.4, 0.5) is 0 Å². The van der Waals surface area contributed by atoms with Crippen molar-refractivity contribution in [3.8, 4) is 16.3 Å². The maximum atomic E-state index is 12.4. The van der Waals surface area contributed by atoms with E-state index in [0.29, 0.717) is 21.4 Å². The molecule has 3 heterocycles. The fraction of sp³-hybridized carbons (Fsp3) is 0.0500. The highest BCUT2D eigenvalue weighted by Gasteiger charge is 2.11. The maximum absolute atomic E-state index is 12.4. The Labute approximate surface area is 163 Å². The van der Waals surface area contributed by atoms with Crippen molar-refractivity contribution < 1.29 is 9.53 Å². The molecule has 138 valence electrons. The lowest BCUT2D eigenvalue weighted by molar-refractivity contribution is -0.131. The number of benzene rings is 1. The topological polar surface area (TPSA) is 86.5 Å². The molecule has 0 radical (unpaired) electrons. The van der Waals surface area contributed by atoms with E-state index in [-0.39, 0.29) is 5.56 Å². The van der Waals surface area contributed by atoms with Gasteiger partial charge in [-0.05, 0) is 29.8 Å². The highest BCUT2D eigenvalue weighted by molar-refractivity contribution is 7.19. The van der Waals surface area contributed by atoms with E-state index in [0.717, 1.165) is 11.1 Å². The molecule has 28 heavy (non-hydrogen) atoms. The molecule has 0 fully saturated rings. The molecule has 0 saturated heterocycles. The van der Waals surface area contributed by atoms with Crippen molar-refractivity contribution in [2.75, 3.05) is 0 Å². The van der Waals surface area contributed by atoms with E-state index >= 15 is 0 Å². The lowest BCUT2D eigenvalue weighted by Gasteiger charge is -2.01. The predicted molar refractivity (Wildman–Crippen MR) is 107 cm³/mol. The number of esters is 1. The zero-order valence-corrected chi connectivity index (χ0v) is 15.6. The average molecular weight is 390 g/mol. The van der Waals surface area contributed by atoms with Crippen LogP contribution in [0.1, 0.15) is 18.2 Å². The molecular weight excluding hydrogens is 376 g/mol. The summed E-state index contributed by atoms with van der Waals surface area (Å²) < 4.78 is 6.37. The summed E-state index contributed by atoms with van der Waals surface area (Å²) in [6.07, 6.45) is 7.03. The molecule has 0 unspecified atom stereocenters. The van der Waals surface area contributed by atoms with Gasteiger partial charge in [-0.25, -0.2) is 4.98 Å². The summed E-state index contributed by atoms with van der Waals surface area (Å²) in [6.45, 7) is 1.34. The molecule has 8 heteroatoms. The summed E-state index contributed by atoms with van der Waals surface area (Å²) in [6, 6.07) is 12.2. The number of carbonyl (C=O) groups excluding carboxylic acids is 1. The minimum atomic E-state index is -0.399. The van der Waals surface area contributed by atoms with E-state index in [1.165, 1.54) is 28.8 Å². The molecule has 0 aliphatic rings. The molecule has 0 aliphatic heterocycles. The van der Waals surface area contributed by atoms with E-state index in [4.69, 9.17) is 4.74 Å². The molecule has 4 rings (SSSR count). The molecule has 0 atom stereocenters. The molecule has 3 aromatic heterocycles. The number of hydrogen-bond donors (Lipinski definition) is 0. The Balaban J connectivity index is 1.70. The van der Waals surface area contributed by atoms with Crippen LogP contribution in [0.5, 0.6) is 5.75 Å². The van der Waals surface area contributed by atoms with Crippen molar-refractivity contribution in [2.45, 2.75) is 6.92 Å². The van der Waals surface area contributed by atoms with Gasteiger partial charge in [-0.1, -0.05) is 35.6 Å². The quantitative estimate of drug-likeness (QED) is 0.392. The first-order valence-electron chi connectivity index (χ1n) is 8.36. The third-order valence-corrected chi connectivity index (χ3v) is 4.70. The second-order valence-electron chi connectivity index (χ2n) is 5.86. The van der Waals surface area contributed by atoms with Crippen molar-refractivity contribution >= 4 is 34.4 Å². The summed E-state index contributed by atoms with van der Waals surface area (Å²) in [4.78, 5) is 32.6. The fourth-order valence-corrected chi connectivity index (χ4v) is 3.45. The zero-order valence-electron chi connectivity index (χ0n) is 14.8. The van der Waals surface area contributed by atoms with Crippen LogP contribution < -0.4 is 10.3 Å². The van der Waals surface area contributed by atoms with E-state index in [9.17, 15) is 9.59 Å². The van der Waals surface area contributed by atoms with E-state index in [1.54, 1.807) is 36.7 Å². The van der Waals surface area contributed by atoms with Gasteiger partial charge in [-0.15, -0.1) is 0 Å². The van der Waals surface area contributed by atoms with Gasteiger partial charge in [0.05, 0.1) is 5.69 Å². The summed E-state index contributed by atoms with van der Waals surface area (Å²) in [5.41, 5.74) is 1.92. The number of carbonyl (C=O) groups is 1. The first-order chi connectivity index (χ1) is 13.6. The molecule has 0 spiro atoms. The van der Waals surface area contributed by atoms with E-state index in [2.05, 4.69) is 15.1 Å². The molecule has 0 bridgehead atoms. The minimum Gasteiger partial charge on any atom is -0.427 e. The smallest absolute Gasteiger partial charge is 0.308 e. The van der Waals surface area contributed by atoms with Crippen LogP contribution in [0.2, 0.25) is 0 Å². The first-order valence-corrected chi connectivity index (χ1v) is 9.18. The van der Waals surface area contributed by atoms with Gasteiger partial charge in [0.15, 0.2) is 0 Å². The second-order valence-corrected chi connectivity index (χ2v) is 6.82. The Morgan fingerprint density at radius 1 is 1.18 bits per heavy atom. The summed E-state index contributed by atoms with van der Waals surface area (Å²) >= 11 is 1.28. The summed E-state index contributed by atoms with van der Waals surface area (Å²) in [5.74, 6) is 0.0223. The van der Waals surface area contributed by atoms with Crippen molar-refractivity contribution in [3.05, 3.63) is 76.5 Å². The fourth-order valence-electron chi connectivity index (χ4n) is 2.54. The van der Waals surface area contributed by atoms with Crippen LogP contribution in [0, 0.1) is 0 Å². The van der Waals surface area contributed by atoms with Gasteiger partial charge in [-0.3, -0.25) is 14.6 Å². The van der Waals surface area contributed by atoms with Crippen molar-refractivity contribution in [2.24, 2.45) is 0 Å². The van der Waals surface area contributed by atoms with Gasteiger partial charge in [0.1, 0.15) is 10.8 Å². The SMILES string of the molecule is CC(=O)Oc1cccc(-c2nn3c(=O)cc(/C=C/c4cccnc4)nc3s2)c1. The second kappa shape index (κ2) is 7.53. The number of nitrogens with zero attached hydrogens (tertiary/aromatic N) is 4. The summed E-state index contributed by atoms with van der Waals surface area (Å²) in [7, 11) is 0. The molecule has 4 aromatic rings. The largest absolute Gasteiger partial charge is 0.427 e. The lowest BCUT2D eigenvalue weighted by Crippen LogP contribution is -2.14. The molecule has 0 saturated carbocycles. The van der Waals surface area contributed by atoms with Gasteiger partial charge in [0.25, 0.3) is 5.56 Å². The van der Waals surface area contributed by atoms with Gasteiger partial charge >= 0.3 is 5.97 Å². The standard InChI is InChI=1S/C20H14N4O3S/c1-13(25)27-17-6-2-5-15(10-17)19-23-24-18(26)11-16(22-20(24)28-19)8-7-14-4-3-9-21-12-14/h2-12H,1H3/b8-7+. The zero-order chi connectivity index (χ0) is 19.5. The Hall–Kier alpha value is -3.65. The number of hydrogen-bond acceptors (Lipinski definition) is 7. The molecule has 7 nitrogen and oxygen atoms in total. The third kappa shape index (κ3) is 3.86. The number of fused-ring (bicyclic) bond motifs is 1. The van der Waals surface area contributed by atoms with Crippen LogP contribution >= 0.6 is 11.3 Å². The van der Waals surface area contributed by atoms with Gasteiger partial charge in [0.2, 0.25) is 4.96 Å². The number of ether oxygens (including phenoxy) is 1. The number of rotatable bonds is 4. The minimum absolute atomic E-state index is 0.269. The lowest BCUT2D eigenvalue weighted by atomic mass is 10.2. The van der Waals surface area contributed by atoms with Crippen molar-refractivity contribution in [1.82, 2.24) is 19.6 Å². The Morgan fingerprint density at radius 2 is 2.07 bits per heavy atom. The Bertz CT molecular complexity index is 1250. The Kier molecular flexibility index (Phi) is 4.77. The third-order valence-electron chi connectivity index (χ3n) is 3.74. The number of aromatic nitrogens is 4. The normalized spacial score (nSPS) is 11.2. The first kappa shape index (κ1) is 17.7. The molecule has 1 aromatic carbocycles. The van der Waals surface area contributed by atoms with Crippen LogP contribution in [0.15, 0.2) is 59.7 Å². The molecular formula is C20H14N4O3S. The van der Waals surface area contributed by atoms with Gasteiger partial charge in [0, 0.05) is 30.9 Å². The highest BCUT2D eigenvalue weighted by Crippen LogP contribution is 2.27. The maximum Gasteiger partial charge on any atom is 0.308 e. The average Bonchev–Trinajstić information content (AvgIpc) is 3.12. The van der Waals surface area contributed by atoms with Crippen molar-refractivity contribution in [1.29, 1.82) is 0 Å². The predicted octanol–water partition coefficient (Wildman–Crippen LogP) is 3.31. The van der Waals surface area contributed by atoms with Crippen LogP contribution in [-0.4, -0.2) is 25.6 Å². The van der Waals surface area contributed by atoms with E-state index in [1.807, 2.05) is 24.3 Å². The highest BCUT2D eigenvalue weighted by atomic mass is 32.1. The van der Waals surface area contributed by atoms with Crippen LogP contribution in [0.3, 0.4) is 0 Å². The van der Waals surface area contributed by atoms with E-state index < -0.39 is 5.97 Å². The van der Waals surface area contributed by atoms with Crippen LogP contribution in [0.25, 0.3) is 27.7 Å². The molecule has 0 aliphatic carbocycles. The molecule has 0 N–H and O–H groups in total. The van der Waals surface area contributed by atoms with Gasteiger partial charge in [-0.2, -0.15) is 9.61 Å². The summed E-state index contributed by atoms with van der Waals surface area (Å²) in [5, 5.41) is 4.95. The monoisotopic (exact) mass is 390 g/mol. The Morgan fingerprint density at radius 3 is 2.86 bits per heavy atom. The van der Waals surface area contributed by atoms with Crippen LogP contribution in [-0.2, 0) is 4.79 Å². The van der Waals surface area contributed by atoms with Crippen molar-refractivity contribution in [3.63, 3.8) is 0 Å². The number of pyridine rings is 1.